The Morgan fingerprint density at radius 1 is 1.25 bits per heavy atom. The molecule has 1 aromatic carbocycles. The third-order valence-electron chi connectivity index (χ3n) is 5.76. The smallest absolute Gasteiger partial charge is 0.251 e. The van der Waals surface area contributed by atoms with Crippen molar-refractivity contribution in [3.63, 3.8) is 0 Å². The average molecular weight is 446 g/mol. The van der Waals surface area contributed by atoms with E-state index in [0.717, 1.165) is 36.0 Å². The molecule has 2 aliphatic rings. The lowest BCUT2D eigenvalue weighted by molar-refractivity contribution is -0.134. The minimum absolute atomic E-state index is 0.0432. The van der Waals surface area contributed by atoms with Crippen molar-refractivity contribution in [3.05, 3.63) is 52.0 Å². The number of nitrogens with zero attached hydrogens (tertiary/aromatic N) is 2. The van der Waals surface area contributed by atoms with Crippen molar-refractivity contribution in [3.8, 4) is 0 Å². The predicted octanol–water partition coefficient (Wildman–Crippen LogP) is 1.95. The lowest BCUT2D eigenvalue weighted by Gasteiger charge is -2.44. The minimum Gasteiger partial charge on any atom is -0.348 e. The number of piperidine rings is 1. The molecule has 0 unspecified atom stereocenters. The first-order valence-corrected chi connectivity index (χ1v) is 10.4. The molecule has 8 heteroatoms. The lowest BCUT2D eigenvalue weighted by Crippen LogP contribution is -2.57. The van der Waals surface area contributed by atoms with Crippen LogP contribution in [0.4, 0.5) is 0 Å². The van der Waals surface area contributed by atoms with Gasteiger partial charge in [0.15, 0.2) is 0 Å². The van der Waals surface area contributed by atoms with Gasteiger partial charge >= 0.3 is 0 Å². The Balaban J connectivity index is 1.36. The first-order chi connectivity index (χ1) is 13.5. The van der Waals surface area contributed by atoms with E-state index >= 15 is 0 Å². The molecular formula is C20H24BrN5O2. The van der Waals surface area contributed by atoms with Crippen LogP contribution in [-0.4, -0.2) is 52.4 Å². The van der Waals surface area contributed by atoms with Crippen molar-refractivity contribution < 1.29 is 9.59 Å². The number of amides is 2. The number of imidazole rings is 1. The van der Waals surface area contributed by atoms with Crippen molar-refractivity contribution in [2.75, 3.05) is 19.6 Å². The second-order valence-electron chi connectivity index (χ2n) is 7.52. The van der Waals surface area contributed by atoms with E-state index in [-0.39, 0.29) is 17.4 Å². The zero-order chi connectivity index (χ0) is 19.7. The van der Waals surface area contributed by atoms with Crippen LogP contribution in [0.2, 0.25) is 0 Å². The maximum absolute atomic E-state index is 12.8. The fraction of sp³-hybridized carbons (Fsp3) is 0.450. The molecule has 1 aromatic heterocycles. The highest BCUT2D eigenvalue weighted by Crippen LogP contribution is 2.35. The predicted molar refractivity (Wildman–Crippen MR) is 109 cm³/mol. The van der Waals surface area contributed by atoms with Gasteiger partial charge in [-0.15, -0.1) is 0 Å². The van der Waals surface area contributed by atoms with Gasteiger partial charge in [-0.1, -0.05) is 15.9 Å². The van der Waals surface area contributed by atoms with Gasteiger partial charge in [0, 0.05) is 41.8 Å². The Morgan fingerprint density at radius 3 is 2.68 bits per heavy atom. The summed E-state index contributed by atoms with van der Waals surface area (Å²) in [6.07, 6.45) is 4.36. The lowest BCUT2D eigenvalue weighted by atomic mass is 9.80. The first kappa shape index (κ1) is 19.1. The van der Waals surface area contributed by atoms with Crippen LogP contribution < -0.4 is 10.6 Å². The molecule has 2 amide bonds. The standard InChI is InChI=1S/C20H24BrN5O2/c1-13(25-18(27)14-2-4-15(21)5-3-14)19(28)26-10-7-20(8-11-26)17-16(6-9-24-20)22-12-23-17/h2-5,12-13,24H,6-11H2,1H3,(H,22,23)(H,25,27)/t13-/m1/s1. The van der Waals surface area contributed by atoms with E-state index < -0.39 is 6.04 Å². The molecule has 1 fully saturated rings. The van der Waals surface area contributed by atoms with Gasteiger partial charge in [-0.25, -0.2) is 4.98 Å². The Labute approximate surface area is 172 Å². The molecule has 1 atom stereocenters. The van der Waals surface area contributed by atoms with E-state index in [1.165, 1.54) is 5.69 Å². The number of aromatic nitrogens is 2. The number of fused-ring (bicyclic) bond motifs is 2. The van der Waals surface area contributed by atoms with Crippen LogP contribution in [0.15, 0.2) is 35.1 Å². The van der Waals surface area contributed by atoms with Crippen molar-refractivity contribution in [1.29, 1.82) is 0 Å². The summed E-state index contributed by atoms with van der Waals surface area (Å²) in [5, 5.41) is 6.45. The number of rotatable bonds is 3. The van der Waals surface area contributed by atoms with Gasteiger partial charge in [0.25, 0.3) is 5.91 Å². The van der Waals surface area contributed by atoms with Gasteiger partial charge in [0.2, 0.25) is 5.91 Å². The number of benzene rings is 1. The number of H-pyrrole nitrogens is 1. The zero-order valence-corrected chi connectivity index (χ0v) is 17.4. The van der Waals surface area contributed by atoms with Crippen LogP contribution in [0.3, 0.4) is 0 Å². The van der Waals surface area contributed by atoms with Gasteiger partial charge in [0.1, 0.15) is 6.04 Å². The van der Waals surface area contributed by atoms with Crippen molar-refractivity contribution in [2.45, 2.75) is 37.8 Å². The summed E-state index contributed by atoms with van der Waals surface area (Å²) < 4.78 is 0.909. The third kappa shape index (κ3) is 3.58. The van der Waals surface area contributed by atoms with Crippen molar-refractivity contribution >= 4 is 27.7 Å². The highest BCUT2D eigenvalue weighted by Gasteiger charge is 2.42. The Kier molecular flexibility index (Phi) is 5.25. The summed E-state index contributed by atoms with van der Waals surface area (Å²) in [5.41, 5.74) is 2.70. The second-order valence-corrected chi connectivity index (χ2v) is 8.43. The summed E-state index contributed by atoms with van der Waals surface area (Å²) in [5.74, 6) is -0.282. The van der Waals surface area contributed by atoms with E-state index in [4.69, 9.17) is 0 Å². The molecule has 0 bridgehead atoms. The summed E-state index contributed by atoms with van der Waals surface area (Å²) in [4.78, 5) is 34.9. The number of carbonyl (C=O) groups is 2. The van der Waals surface area contributed by atoms with E-state index in [9.17, 15) is 9.59 Å². The molecule has 0 aliphatic carbocycles. The van der Waals surface area contributed by atoms with Crippen LogP contribution in [0, 0.1) is 0 Å². The maximum atomic E-state index is 12.8. The van der Waals surface area contributed by atoms with Crippen LogP contribution in [0.1, 0.15) is 41.5 Å². The topological polar surface area (TPSA) is 90.1 Å². The maximum Gasteiger partial charge on any atom is 0.251 e. The highest BCUT2D eigenvalue weighted by molar-refractivity contribution is 9.10. The summed E-state index contributed by atoms with van der Waals surface area (Å²) in [6, 6.07) is 6.53. The molecule has 4 rings (SSSR count). The number of aromatic amines is 1. The molecule has 0 radical (unpaired) electrons. The van der Waals surface area contributed by atoms with Gasteiger partial charge in [-0.2, -0.15) is 0 Å². The quantitative estimate of drug-likeness (QED) is 0.673. The Bertz CT molecular complexity index is 871. The molecule has 28 heavy (non-hydrogen) atoms. The molecule has 1 spiro atoms. The van der Waals surface area contributed by atoms with E-state index in [1.807, 2.05) is 17.0 Å². The van der Waals surface area contributed by atoms with Crippen molar-refractivity contribution in [2.24, 2.45) is 0 Å². The highest BCUT2D eigenvalue weighted by atomic mass is 79.9. The summed E-state index contributed by atoms with van der Waals surface area (Å²) in [6.45, 7) is 3.96. The number of hydrogen-bond donors (Lipinski definition) is 3. The van der Waals surface area contributed by atoms with Crippen LogP contribution in [0.5, 0.6) is 0 Å². The molecule has 0 saturated carbocycles. The molecule has 2 aliphatic heterocycles. The van der Waals surface area contributed by atoms with Crippen LogP contribution in [-0.2, 0) is 16.8 Å². The largest absolute Gasteiger partial charge is 0.348 e. The fourth-order valence-electron chi connectivity index (χ4n) is 4.17. The second kappa shape index (κ2) is 7.67. The molecule has 3 heterocycles. The average Bonchev–Trinajstić information content (AvgIpc) is 3.19. The van der Waals surface area contributed by atoms with Gasteiger partial charge in [-0.05, 0) is 44.0 Å². The normalized spacial score (nSPS) is 19.1. The summed E-state index contributed by atoms with van der Waals surface area (Å²) >= 11 is 3.35. The molecular weight excluding hydrogens is 422 g/mol. The SMILES string of the molecule is C[C@@H](NC(=O)c1ccc(Br)cc1)C(=O)N1CCC2(CC1)NCCc1[nH]cnc12. The minimum atomic E-state index is -0.564. The van der Waals surface area contributed by atoms with Crippen LogP contribution >= 0.6 is 15.9 Å². The number of likely N-dealkylation sites (tertiary alicyclic amines) is 1. The van der Waals surface area contributed by atoms with E-state index in [1.54, 1.807) is 25.4 Å². The summed E-state index contributed by atoms with van der Waals surface area (Å²) in [7, 11) is 0. The Morgan fingerprint density at radius 2 is 1.96 bits per heavy atom. The fourth-order valence-corrected chi connectivity index (χ4v) is 4.44. The molecule has 1 saturated heterocycles. The van der Waals surface area contributed by atoms with Crippen LogP contribution in [0.25, 0.3) is 0 Å². The third-order valence-corrected chi connectivity index (χ3v) is 6.29. The monoisotopic (exact) mass is 445 g/mol. The Hall–Kier alpha value is -2.19. The molecule has 2 aromatic rings. The number of nitrogens with one attached hydrogen (secondary N) is 3. The van der Waals surface area contributed by atoms with Gasteiger partial charge in [0.05, 0.1) is 17.6 Å². The van der Waals surface area contributed by atoms with E-state index in [0.29, 0.717) is 18.7 Å². The molecule has 148 valence electrons. The van der Waals surface area contributed by atoms with Gasteiger partial charge in [-0.3, -0.25) is 9.59 Å². The molecule has 7 nitrogen and oxygen atoms in total. The first-order valence-electron chi connectivity index (χ1n) is 9.61. The van der Waals surface area contributed by atoms with Gasteiger partial charge < -0.3 is 20.5 Å². The number of carbonyl (C=O) groups excluding carboxylic acids is 2. The zero-order valence-electron chi connectivity index (χ0n) is 15.8. The number of halogens is 1. The molecule has 3 N–H and O–H groups in total. The van der Waals surface area contributed by atoms with Crippen molar-refractivity contribution in [1.82, 2.24) is 25.5 Å². The van der Waals surface area contributed by atoms with E-state index in [2.05, 4.69) is 36.5 Å². The number of hydrogen-bond acceptors (Lipinski definition) is 4.